The predicted molar refractivity (Wildman–Crippen MR) is 78.3 cm³/mol. The molecule has 0 atom stereocenters. The van der Waals surface area contributed by atoms with Crippen LogP contribution >= 0.6 is 0 Å². The molecule has 0 amide bonds. The number of esters is 1. The molecule has 0 N–H and O–H groups in total. The maximum absolute atomic E-state index is 11.7. The van der Waals surface area contributed by atoms with Crippen molar-refractivity contribution in [2.75, 3.05) is 13.2 Å². The summed E-state index contributed by atoms with van der Waals surface area (Å²) in [6, 6.07) is 8.01. The van der Waals surface area contributed by atoms with Crippen molar-refractivity contribution in [3.05, 3.63) is 42.1 Å². The molecule has 0 fully saturated rings. The predicted octanol–water partition coefficient (Wildman–Crippen LogP) is 2.54. The van der Waals surface area contributed by atoms with Crippen LogP contribution in [0.15, 0.2) is 36.5 Å². The number of fused-ring (bicyclic) bond motifs is 3. The Labute approximate surface area is 117 Å². The second-order valence-electron chi connectivity index (χ2n) is 4.51. The van der Waals surface area contributed by atoms with Gasteiger partial charge in [0, 0.05) is 17.1 Å². The molecule has 0 aliphatic carbocycles. The molecule has 1 aliphatic heterocycles. The van der Waals surface area contributed by atoms with Crippen molar-refractivity contribution in [3.63, 3.8) is 0 Å². The van der Waals surface area contributed by atoms with E-state index in [0.29, 0.717) is 13.2 Å². The van der Waals surface area contributed by atoms with Gasteiger partial charge < -0.3 is 4.74 Å². The Kier molecular flexibility index (Phi) is 3.29. The van der Waals surface area contributed by atoms with Crippen LogP contribution in [0.25, 0.3) is 17.0 Å². The molecule has 4 heteroatoms. The number of carbonyl (C=O) groups excluding carboxylic acids is 1. The molecule has 0 unspecified atom stereocenters. The van der Waals surface area contributed by atoms with Gasteiger partial charge in [-0.15, -0.1) is 0 Å². The van der Waals surface area contributed by atoms with Gasteiger partial charge in [0.15, 0.2) is 6.54 Å². The highest BCUT2D eigenvalue weighted by atomic mass is 16.5. The number of benzene rings is 1. The van der Waals surface area contributed by atoms with Gasteiger partial charge in [-0.25, -0.2) is 9.78 Å². The zero-order chi connectivity index (χ0) is 13.9. The molecule has 2 heterocycles. The van der Waals surface area contributed by atoms with E-state index in [9.17, 15) is 4.79 Å². The van der Waals surface area contributed by atoms with Gasteiger partial charge in [-0.05, 0) is 31.2 Å². The molecule has 4 nitrogen and oxygen atoms in total. The van der Waals surface area contributed by atoms with E-state index in [1.165, 1.54) is 6.21 Å². The van der Waals surface area contributed by atoms with Crippen LogP contribution in [0.4, 0.5) is 5.69 Å². The fourth-order valence-electron chi connectivity index (χ4n) is 2.39. The van der Waals surface area contributed by atoms with Gasteiger partial charge >= 0.3 is 5.97 Å². The Morgan fingerprint density at radius 1 is 1.45 bits per heavy atom. The van der Waals surface area contributed by atoms with Gasteiger partial charge in [0.25, 0.3) is 6.21 Å². The maximum atomic E-state index is 11.7. The van der Waals surface area contributed by atoms with Crippen LogP contribution in [0.3, 0.4) is 0 Å². The molecule has 3 rings (SSSR count). The number of hydrogen-bond acceptors (Lipinski definition) is 3. The van der Waals surface area contributed by atoms with Crippen molar-refractivity contribution in [1.82, 2.24) is 4.98 Å². The highest BCUT2D eigenvalue weighted by Gasteiger charge is 2.22. The van der Waals surface area contributed by atoms with E-state index in [4.69, 9.17) is 4.74 Å². The lowest BCUT2D eigenvalue weighted by molar-refractivity contribution is -0.422. The summed E-state index contributed by atoms with van der Waals surface area (Å²) < 4.78 is 6.88. The molecule has 1 aliphatic rings. The summed E-state index contributed by atoms with van der Waals surface area (Å²) >= 11 is 0. The molecule has 0 spiro atoms. The Morgan fingerprint density at radius 2 is 2.35 bits per heavy atom. The number of ether oxygens (including phenoxy) is 1. The number of nitrogens with zero attached hydrogens (tertiary/aromatic N) is 2. The lowest BCUT2D eigenvalue weighted by atomic mass is 10.0. The molecule has 1 aromatic carbocycles. The summed E-state index contributed by atoms with van der Waals surface area (Å²) in [5.74, 6) is -0.332. The molecular weight excluding hydrogens is 252 g/mol. The minimum Gasteiger partial charge on any atom is -0.459 e. The van der Waals surface area contributed by atoms with Crippen LogP contribution in [-0.2, 0) is 9.53 Å². The SMILES string of the molecule is CCOC(=O)C=[N+]1CC=Cc2ccc3cccnc3c21. The van der Waals surface area contributed by atoms with Crippen molar-refractivity contribution < 1.29 is 14.1 Å². The minimum absolute atomic E-state index is 0.332. The van der Waals surface area contributed by atoms with Gasteiger partial charge in [0.1, 0.15) is 5.52 Å². The van der Waals surface area contributed by atoms with Gasteiger partial charge in [-0.2, -0.15) is 4.58 Å². The van der Waals surface area contributed by atoms with Crippen molar-refractivity contribution in [1.29, 1.82) is 0 Å². The number of aromatic nitrogens is 1. The van der Waals surface area contributed by atoms with Crippen LogP contribution in [0, 0.1) is 0 Å². The van der Waals surface area contributed by atoms with Gasteiger partial charge in [-0.3, -0.25) is 0 Å². The average molecular weight is 267 g/mol. The third-order valence-corrected chi connectivity index (χ3v) is 3.21. The van der Waals surface area contributed by atoms with Gasteiger partial charge in [0.05, 0.1) is 6.61 Å². The number of carbonyl (C=O) groups is 1. The van der Waals surface area contributed by atoms with Gasteiger partial charge in [-0.1, -0.05) is 12.1 Å². The van der Waals surface area contributed by atoms with Crippen molar-refractivity contribution in [2.45, 2.75) is 6.92 Å². The van der Waals surface area contributed by atoms with Crippen molar-refractivity contribution in [3.8, 4) is 0 Å². The second-order valence-corrected chi connectivity index (χ2v) is 4.51. The summed E-state index contributed by atoms with van der Waals surface area (Å²) in [7, 11) is 0. The lowest BCUT2D eigenvalue weighted by Crippen LogP contribution is -2.18. The topological polar surface area (TPSA) is 42.2 Å². The molecule has 20 heavy (non-hydrogen) atoms. The zero-order valence-corrected chi connectivity index (χ0v) is 11.2. The summed E-state index contributed by atoms with van der Waals surface area (Å²) in [5.41, 5.74) is 2.91. The first-order valence-electron chi connectivity index (χ1n) is 6.62. The van der Waals surface area contributed by atoms with E-state index >= 15 is 0 Å². The van der Waals surface area contributed by atoms with Crippen molar-refractivity contribution >= 4 is 34.9 Å². The Bertz CT molecular complexity index is 732. The van der Waals surface area contributed by atoms with Crippen LogP contribution in [0.1, 0.15) is 12.5 Å². The van der Waals surface area contributed by atoms with Crippen molar-refractivity contribution in [2.24, 2.45) is 0 Å². The number of hydrogen-bond donors (Lipinski definition) is 0. The van der Waals surface area contributed by atoms with E-state index in [1.807, 2.05) is 34.9 Å². The molecule has 0 radical (unpaired) electrons. The van der Waals surface area contributed by atoms with Crippen LogP contribution in [0.2, 0.25) is 0 Å². The van der Waals surface area contributed by atoms with Crippen LogP contribution in [0.5, 0.6) is 0 Å². The zero-order valence-electron chi connectivity index (χ0n) is 11.2. The first kappa shape index (κ1) is 12.5. The highest BCUT2D eigenvalue weighted by molar-refractivity contribution is 6.21. The first-order valence-corrected chi connectivity index (χ1v) is 6.62. The monoisotopic (exact) mass is 267 g/mol. The molecule has 0 bridgehead atoms. The number of pyridine rings is 1. The molecule has 1 aromatic heterocycles. The lowest BCUT2D eigenvalue weighted by Gasteiger charge is -2.10. The molecular formula is C16H15N2O2+. The third kappa shape index (κ3) is 2.20. The van der Waals surface area contributed by atoms with Crippen LogP contribution < -0.4 is 0 Å². The van der Waals surface area contributed by atoms with Gasteiger partial charge in [0.2, 0.25) is 5.69 Å². The fraction of sp³-hybridized carbons (Fsp3) is 0.188. The standard InChI is InChI=1S/C16H15N2O2/c1-2-20-14(19)11-18-10-4-6-13-8-7-12-5-3-9-17-15(12)16(13)18/h3-9,11H,2,10H2,1H3/q+1. The highest BCUT2D eigenvalue weighted by Crippen LogP contribution is 2.31. The summed E-state index contributed by atoms with van der Waals surface area (Å²) in [6.07, 6.45) is 7.34. The van der Waals surface area contributed by atoms with E-state index in [2.05, 4.69) is 11.1 Å². The maximum Gasteiger partial charge on any atom is 0.395 e. The Hall–Kier alpha value is -2.49. The molecule has 100 valence electrons. The normalized spacial score (nSPS) is 15.3. The molecule has 0 saturated heterocycles. The molecule has 0 saturated carbocycles. The fourth-order valence-corrected chi connectivity index (χ4v) is 2.39. The van der Waals surface area contributed by atoms with Crippen LogP contribution in [-0.4, -0.2) is 34.9 Å². The van der Waals surface area contributed by atoms with E-state index in [-0.39, 0.29) is 5.97 Å². The first-order chi connectivity index (χ1) is 9.79. The summed E-state index contributed by atoms with van der Waals surface area (Å²) in [5, 5.41) is 1.06. The third-order valence-electron chi connectivity index (χ3n) is 3.21. The minimum atomic E-state index is -0.332. The number of rotatable bonds is 2. The Balaban J connectivity index is 2.18. The summed E-state index contributed by atoms with van der Waals surface area (Å²) in [6.45, 7) is 2.81. The summed E-state index contributed by atoms with van der Waals surface area (Å²) in [4.78, 5) is 16.1. The van der Waals surface area contributed by atoms with E-state index < -0.39 is 0 Å². The quantitative estimate of drug-likeness (QED) is 0.620. The average Bonchev–Trinajstić information content (AvgIpc) is 2.47. The smallest absolute Gasteiger partial charge is 0.395 e. The largest absolute Gasteiger partial charge is 0.459 e. The van der Waals surface area contributed by atoms with E-state index in [1.54, 1.807) is 13.1 Å². The second kappa shape index (κ2) is 5.25. The molecule has 2 aromatic rings. The van der Waals surface area contributed by atoms with E-state index in [0.717, 1.165) is 22.2 Å². The Morgan fingerprint density at radius 3 is 3.20 bits per heavy atom.